The molecule has 0 aromatic heterocycles. The zero-order valence-electron chi connectivity index (χ0n) is 11.1. The Labute approximate surface area is 140 Å². The van der Waals surface area contributed by atoms with E-state index in [2.05, 4.69) is 80.5 Å². The Balaban J connectivity index is 1.67. The van der Waals surface area contributed by atoms with Gasteiger partial charge in [0, 0.05) is 25.6 Å². The molecule has 0 saturated heterocycles. The van der Waals surface area contributed by atoms with Gasteiger partial charge in [-0.3, -0.25) is 0 Å². The molecule has 1 atom stereocenters. The lowest BCUT2D eigenvalue weighted by Crippen LogP contribution is -2.16. The Kier molecular flexibility index (Phi) is 4.43. The molecule has 0 amide bonds. The van der Waals surface area contributed by atoms with Crippen LogP contribution in [0.3, 0.4) is 0 Å². The molecule has 2 aromatic rings. The maximum atomic E-state index is 3.64. The van der Waals surface area contributed by atoms with Crippen molar-refractivity contribution < 1.29 is 0 Å². The molecule has 0 bridgehead atoms. The minimum absolute atomic E-state index is 0.604. The number of aryl methyl sites for hydroxylation is 1. The van der Waals surface area contributed by atoms with E-state index in [0.717, 1.165) is 27.6 Å². The highest BCUT2D eigenvalue weighted by Gasteiger charge is 2.21. The van der Waals surface area contributed by atoms with E-state index in [9.17, 15) is 0 Å². The second kappa shape index (κ2) is 6.12. The van der Waals surface area contributed by atoms with Crippen molar-refractivity contribution in [3.63, 3.8) is 0 Å². The lowest BCUT2D eigenvalue weighted by Gasteiger charge is -2.15. The average molecular weight is 413 g/mol. The number of hydrogen-bond acceptors (Lipinski definition) is 2. The van der Waals surface area contributed by atoms with E-state index in [1.54, 1.807) is 0 Å². The molecule has 1 aliphatic heterocycles. The molecule has 0 fully saturated rings. The highest BCUT2D eigenvalue weighted by Crippen LogP contribution is 2.38. The van der Waals surface area contributed by atoms with Crippen LogP contribution >= 0.6 is 43.6 Å². The number of hydrogen-bond donors (Lipinski definition) is 1. The third-order valence-electron chi connectivity index (χ3n) is 3.41. The van der Waals surface area contributed by atoms with E-state index in [-0.39, 0.29) is 0 Å². The zero-order valence-corrected chi connectivity index (χ0v) is 15.1. The first-order valence-electron chi connectivity index (χ1n) is 6.57. The second-order valence-corrected chi connectivity index (χ2v) is 8.09. The van der Waals surface area contributed by atoms with Crippen LogP contribution in [-0.2, 0) is 6.42 Å². The predicted octanol–water partition coefficient (Wildman–Crippen LogP) is 5.65. The monoisotopic (exact) mass is 411 g/mol. The molecule has 104 valence electrons. The van der Waals surface area contributed by atoms with Gasteiger partial charge in [0.25, 0.3) is 0 Å². The Bertz CT molecular complexity index is 594. The van der Waals surface area contributed by atoms with Gasteiger partial charge in [0.05, 0.1) is 5.69 Å². The largest absolute Gasteiger partial charge is 0.382 e. The van der Waals surface area contributed by atoms with Crippen LogP contribution in [0, 0.1) is 6.92 Å². The smallest absolute Gasteiger partial charge is 0.0629 e. The van der Waals surface area contributed by atoms with E-state index in [1.807, 2.05) is 11.8 Å². The summed E-state index contributed by atoms with van der Waals surface area (Å²) in [7, 11) is 0. The summed E-state index contributed by atoms with van der Waals surface area (Å²) in [4.78, 5) is 1.43. The van der Waals surface area contributed by atoms with Crippen molar-refractivity contribution in [1.82, 2.24) is 0 Å². The summed E-state index contributed by atoms with van der Waals surface area (Å²) in [6.07, 6.45) is 1.15. The van der Waals surface area contributed by atoms with E-state index in [1.165, 1.54) is 16.0 Å². The van der Waals surface area contributed by atoms with Crippen molar-refractivity contribution in [2.45, 2.75) is 23.5 Å². The number of fused-ring (bicyclic) bond motifs is 1. The van der Waals surface area contributed by atoms with Gasteiger partial charge in [0.15, 0.2) is 0 Å². The quantitative estimate of drug-likeness (QED) is 0.698. The second-order valence-electron chi connectivity index (χ2n) is 5.04. The van der Waals surface area contributed by atoms with E-state index in [0.29, 0.717) is 5.25 Å². The van der Waals surface area contributed by atoms with Gasteiger partial charge in [-0.15, -0.1) is 11.8 Å². The SMILES string of the molecule is Cc1cc(Br)c(NCC2Cc3ccccc3S2)c(Br)c1. The summed E-state index contributed by atoms with van der Waals surface area (Å²) in [5.41, 5.74) is 3.87. The highest BCUT2D eigenvalue weighted by atomic mass is 79.9. The van der Waals surface area contributed by atoms with Gasteiger partial charge in [-0.25, -0.2) is 0 Å². The zero-order chi connectivity index (χ0) is 14.1. The summed E-state index contributed by atoms with van der Waals surface area (Å²) in [5, 5.41) is 4.17. The van der Waals surface area contributed by atoms with Crippen LogP contribution in [0.5, 0.6) is 0 Å². The molecule has 1 heterocycles. The van der Waals surface area contributed by atoms with Crippen LogP contribution < -0.4 is 5.32 Å². The molecule has 2 aromatic carbocycles. The maximum Gasteiger partial charge on any atom is 0.0629 e. The van der Waals surface area contributed by atoms with Gasteiger partial charge in [0.2, 0.25) is 0 Å². The van der Waals surface area contributed by atoms with Gasteiger partial charge < -0.3 is 5.32 Å². The topological polar surface area (TPSA) is 12.0 Å². The lowest BCUT2D eigenvalue weighted by atomic mass is 10.1. The number of halogens is 2. The first-order valence-corrected chi connectivity index (χ1v) is 9.04. The third kappa shape index (κ3) is 3.07. The number of thioether (sulfide) groups is 1. The van der Waals surface area contributed by atoms with Crippen molar-refractivity contribution in [2.75, 3.05) is 11.9 Å². The third-order valence-corrected chi connectivity index (χ3v) is 5.98. The summed E-state index contributed by atoms with van der Waals surface area (Å²) in [6, 6.07) is 13.0. The van der Waals surface area contributed by atoms with Crippen LogP contribution in [0.25, 0.3) is 0 Å². The molecule has 0 saturated carbocycles. The van der Waals surface area contributed by atoms with Gasteiger partial charge in [-0.1, -0.05) is 18.2 Å². The predicted molar refractivity (Wildman–Crippen MR) is 94.9 cm³/mol. The molecule has 20 heavy (non-hydrogen) atoms. The molecule has 1 aliphatic rings. The van der Waals surface area contributed by atoms with Gasteiger partial charge >= 0.3 is 0 Å². The number of rotatable bonds is 3. The summed E-state index contributed by atoms with van der Waals surface area (Å²) < 4.78 is 2.23. The summed E-state index contributed by atoms with van der Waals surface area (Å²) in [5.74, 6) is 0. The van der Waals surface area contributed by atoms with Crippen molar-refractivity contribution in [2.24, 2.45) is 0 Å². The molecule has 0 spiro atoms. The van der Waals surface area contributed by atoms with Crippen LogP contribution in [0.15, 0.2) is 50.2 Å². The average Bonchev–Trinajstić information content (AvgIpc) is 2.80. The van der Waals surface area contributed by atoms with E-state index < -0.39 is 0 Å². The molecule has 3 rings (SSSR count). The number of nitrogens with one attached hydrogen (secondary N) is 1. The van der Waals surface area contributed by atoms with E-state index >= 15 is 0 Å². The van der Waals surface area contributed by atoms with Gasteiger partial charge in [-0.05, 0) is 74.5 Å². The fourth-order valence-corrected chi connectivity index (χ4v) is 5.40. The molecule has 0 aliphatic carbocycles. The standard InChI is InChI=1S/C16H15Br2NS/c1-10-6-13(17)16(14(18)7-10)19-9-12-8-11-4-2-3-5-15(11)20-12/h2-7,12,19H,8-9H2,1H3. The fourth-order valence-electron chi connectivity index (χ4n) is 2.45. The molecule has 1 unspecified atom stereocenters. The Morgan fingerprint density at radius 1 is 1.20 bits per heavy atom. The minimum atomic E-state index is 0.604. The van der Waals surface area contributed by atoms with Crippen LogP contribution in [-0.4, -0.2) is 11.8 Å². The molecule has 1 nitrogen and oxygen atoms in total. The Hall–Kier alpha value is -0.450. The van der Waals surface area contributed by atoms with Gasteiger partial charge in [-0.2, -0.15) is 0 Å². The normalized spacial score (nSPS) is 17.1. The molecular formula is C16H15Br2NS. The summed E-state index contributed by atoms with van der Waals surface area (Å²) in [6.45, 7) is 3.07. The first kappa shape index (κ1) is 14.5. The molecule has 4 heteroatoms. The van der Waals surface area contributed by atoms with Crippen molar-refractivity contribution in [1.29, 1.82) is 0 Å². The van der Waals surface area contributed by atoms with Crippen molar-refractivity contribution >= 4 is 49.3 Å². The molecule has 0 radical (unpaired) electrons. The minimum Gasteiger partial charge on any atom is -0.382 e. The van der Waals surface area contributed by atoms with Crippen LogP contribution in [0.4, 0.5) is 5.69 Å². The lowest BCUT2D eigenvalue weighted by molar-refractivity contribution is 0.898. The van der Waals surface area contributed by atoms with Crippen molar-refractivity contribution in [3.8, 4) is 0 Å². The molecule has 1 N–H and O–H groups in total. The summed E-state index contributed by atoms with van der Waals surface area (Å²) >= 11 is 9.25. The first-order chi connectivity index (χ1) is 9.63. The van der Waals surface area contributed by atoms with Crippen molar-refractivity contribution in [3.05, 3.63) is 56.5 Å². The number of benzene rings is 2. The Morgan fingerprint density at radius 2 is 1.90 bits per heavy atom. The van der Waals surface area contributed by atoms with Gasteiger partial charge in [0.1, 0.15) is 0 Å². The van der Waals surface area contributed by atoms with Crippen LogP contribution in [0.2, 0.25) is 0 Å². The highest BCUT2D eigenvalue weighted by molar-refractivity contribution is 9.11. The fraction of sp³-hybridized carbons (Fsp3) is 0.250. The van der Waals surface area contributed by atoms with E-state index in [4.69, 9.17) is 0 Å². The maximum absolute atomic E-state index is 3.64. The van der Waals surface area contributed by atoms with Crippen LogP contribution in [0.1, 0.15) is 11.1 Å². The molecular weight excluding hydrogens is 398 g/mol. The number of anilines is 1. The Morgan fingerprint density at radius 3 is 2.60 bits per heavy atom.